The van der Waals surface area contributed by atoms with Crippen molar-refractivity contribution in [2.45, 2.75) is 124 Å². The summed E-state index contributed by atoms with van der Waals surface area (Å²) < 4.78 is 4.85. The molecule has 0 radical (unpaired) electrons. The summed E-state index contributed by atoms with van der Waals surface area (Å²) in [6.07, 6.45) is 0.523. The number of urea groups is 1. The topological polar surface area (TPSA) is 166 Å². The van der Waals surface area contributed by atoms with Gasteiger partial charge in [0.15, 0.2) is 0 Å². The van der Waals surface area contributed by atoms with E-state index in [1.807, 2.05) is 133 Å². The third-order valence-corrected chi connectivity index (χ3v) is 11.4. The van der Waals surface area contributed by atoms with Crippen molar-refractivity contribution >= 4 is 23.9 Å². The number of rotatable bonds is 16. The fourth-order valence-electron chi connectivity index (χ4n) is 8.00. The summed E-state index contributed by atoms with van der Waals surface area (Å²) in [5.41, 5.74) is 3.75. The lowest BCUT2D eigenvalue weighted by molar-refractivity contribution is -0.131. The first-order chi connectivity index (χ1) is 29.6. The second-order valence-electron chi connectivity index (χ2n) is 19.8. The average Bonchev–Trinajstić information content (AvgIpc) is 3.56. The van der Waals surface area contributed by atoms with Crippen molar-refractivity contribution < 1.29 is 29.0 Å². The zero-order valence-electron chi connectivity index (χ0n) is 38.6. The van der Waals surface area contributed by atoms with Crippen LogP contribution in [-0.4, -0.2) is 99.3 Å². The third-order valence-electron chi connectivity index (χ3n) is 11.4. The molecule has 0 bridgehead atoms. The van der Waals surface area contributed by atoms with Gasteiger partial charge in [-0.15, -0.1) is 0 Å². The molecule has 1 saturated heterocycles. The van der Waals surface area contributed by atoms with Gasteiger partial charge in [-0.3, -0.25) is 19.6 Å². The number of benzene rings is 2. The van der Waals surface area contributed by atoms with E-state index in [9.17, 15) is 24.3 Å². The van der Waals surface area contributed by atoms with Crippen molar-refractivity contribution in [2.75, 3.05) is 20.2 Å². The van der Waals surface area contributed by atoms with E-state index in [1.165, 1.54) is 7.11 Å². The van der Waals surface area contributed by atoms with E-state index in [1.54, 1.807) is 16.0 Å². The van der Waals surface area contributed by atoms with E-state index in [-0.39, 0.29) is 30.2 Å². The Morgan fingerprint density at radius 2 is 1.41 bits per heavy atom. The standard InChI is InChI=1S/C50H67N7O6/c1-48(2,3)41-21-16-19-36(52-41)32-56-27-28-57(47(56)62)43(50(7,8)9)45(60)54-39(30-33-17-12-11-13-18-33)40(58)31-37(53-44(59)42(49(4,5)6)55-46(61)63-10)29-34-22-24-35(25-23-34)38-20-14-15-26-51-38/h11-26,37,39-40,42-43,58H,27-32H2,1-10H3,(H,53,59)(H,54,60)(H,55,61). The largest absolute Gasteiger partial charge is 0.453 e. The van der Waals surface area contributed by atoms with Gasteiger partial charge in [-0.1, -0.05) is 129 Å². The van der Waals surface area contributed by atoms with Crippen LogP contribution in [0.3, 0.4) is 0 Å². The van der Waals surface area contributed by atoms with Crippen molar-refractivity contribution in [1.82, 2.24) is 35.7 Å². The van der Waals surface area contributed by atoms with Crippen LogP contribution in [0.5, 0.6) is 0 Å². The molecule has 5 unspecified atom stereocenters. The smallest absolute Gasteiger partial charge is 0.407 e. The van der Waals surface area contributed by atoms with Crippen LogP contribution in [0.1, 0.15) is 91.2 Å². The van der Waals surface area contributed by atoms with Gasteiger partial charge < -0.3 is 35.6 Å². The molecule has 13 nitrogen and oxygen atoms in total. The molecule has 0 spiro atoms. The minimum Gasteiger partial charge on any atom is -0.453 e. The number of nitrogens with one attached hydrogen (secondary N) is 3. The third kappa shape index (κ3) is 13.3. The molecule has 4 N–H and O–H groups in total. The highest BCUT2D eigenvalue weighted by Gasteiger charge is 2.44. The van der Waals surface area contributed by atoms with Gasteiger partial charge in [0, 0.05) is 42.0 Å². The lowest BCUT2D eigenvalue weighted by Crippen LogP contribution is -2.59. The highest BCUT2D eigenvalue weighted by Crippen LogP contribution is 2.30. The van der Waals surface area contributed by atoms with Gasteiger partial charge in [-0.2, -0.15) is 0 Å². The maximum atomic E-state index is 14.7. The molecule has 63 heavy (non-hydrogen) atoms. The molecule has 1 aliphatic heterocycles. The van der Waals surface area contributed by atoms with Gasteiger partial charge in [0.05, 0.1) is 37.2 Å². The first-order valence-corrected chi connectivity index (χ1v) is 21.8. The normalized spacial score (nSPS) is 15.8. The number of pyridine rings is 2. The zero-order chi connectivity index (χ0) is 46.1. The molecule has 13 heteroatoms. The summed E-state index contributed by atoms with van der Waals surface area (Å²) in [5.74, 6) is -0.824. The molecule has 2 aromatic heterocycles. The summed E-state index contributed by atoms with van der Waals surface area (Å²) >= 11 is 0. The van der Waals surface area contributed by atoms with Crippen molar-refractivity contribution in [3.05, 3.63) is 120 Å². The molecule has 5 atom stereocenters. The number of alkyl carbamates (subject to hydrolysis) is 1. The molecule has 0 aliphatic carbocycles. The van der Waals surface area contributed by atoms with Gasteiger partial charge >= 0.3 is 12.1 Å². The predicted molar refractivity (Wildman–Crippen MR) is 245 cm³/mol. The van der Waals surface area contributed by atoms with Crippen molar-refractivity contribution in [2.24, 2.45) is 10.8 Å². The molecule has 3 heterocycles. The fraction of sp³-hybridized carbons (Fsp3) is 0.480. The number of nitrogens with zero attached hydrogens (tertiary/aromatic N) is 4. The van der Waals surface area contributed by atoms with Gasteiger partial charge in [0.25, 0.3) is 0 Å². The first-order valence-electron chi connectivity index (χ1n) is 21.8. The Balaban J connectivity index is 1.41. The van der Waals surface area contributed by atoms with E-state index in [0.29, 0.717) is 26.1 Å². The Kier molecular flexibility index (Phi) is 15.7. The van der Waals surface area contributed by atoms with Crippen molar-refractivity contribution in [3.63, 3.8) is 0 Å². The van der Waals surface area contributed by atoms with Gasteiger partial charge in [-0.25, -0.2) is 9.59 Å². The average molecular weight is 862 g/mol. The number of amides is 5. The van der Waals surface area contributed by atoms with Gasteiger partial charge in [0.2, 0.25) is 11.8 Å². The number of aliphatic hydroxyl groups is 1. The molecular weight excluding hydrogens is 795 g/mol. The molecule has 1 aliphatic rings. The van der Waals surface area contributed by atoms with Gasteiger partial charge in [-0.05, 0) is 65.5 Å². The van der Waals surface area contributed by atoms with Crippen molar-refractivity contribution in [3.8, 4) is 11.3 Å². The SMILES string of the molecule is COC(=O)NC(C(=O)NC(Cc1ccc(-c2ccccn2)cc1)CC(O)C(Cc1ccccc1)NC(=O)C(N1CCN(Cc2cccc(C(C)(C)C)n2)C1=O)C(C)(C)C)C(C)(C)C. The van der Waals surface area contributed by atoms with Crippen LogP contribution in [0.15, 0.2) is 97.2 Å². The monoisotopic (exact) mass is 862 g/mol. The van der Waals surface area contributed by atoms with E-state index in [4.69, 9.17) is 9.72 Å². The summed E-state index contributed by atoms with van der Waals surface area (Å²) in [7, 11) is 1.24. The van der Waals surface area contributed by atoms with Crippen LogP contribution >= 0.6 is 0 Å². The number of ether oxygens (including phenoxy) is 1. The van der Waals surface area contributed by atoms with E-state index in [0.717, 1.165) is 33.8 Å². The number of carbonyl (C=O) groups is 4. The van der Waals surface area contributed by atoms with Crippen molar-refractivity contribution in [1.29, 1.82) is 0 Å². The minimum absolute atomic E-state index is 0.0534. The lowest BCUT2D eigenvalue weighted by atomic mass is 9.84. The number of aliphatic hydroxyl groups excluding tert-OH is 1. The van der Waals surface area contributed by atoms with Crippen LogP contribution in [0.2, 0.25) is 0 Å². The number of carbonyl (C=O) groups excluding carboxylic acids is 4. The minimum atomic E-state index is -1.15. The molecule has 1 fully saturated rings. The molecule has 4 aromatic rings. The highest BCUT2D eigenvalue weighted by atomic mass is 16.5. The maximum absolute atomic E-state index is 14.7. The number of hydrogen-bond donors (Lipinski definition) is 4. The van der Waals surface area contributed by atoms with Crippen LogP contribution in [0.25, 0.3) is 11.3 Å². The number of hydrogen-bond acceptors (Lipinski definition) is 8. The number of methoxy groups -OCH3 is 1. The summed E-state index contributed by atoms with van der Waals surface area (Å²) in [4.78, 5) is 68.0. The second kappa shape index (κ2) is 20.6. The van der Waals surface area contributed by atoms with E-state index in [2.05, 4.69) is 41.7 Å². The predicted octanol–water partition coefficient (Wildman–Crippen LogP) is 7.07. The Labute approximate surface area is 373 Å². The Morgan fingerprint density at radius 3 is 2.02 bits per heavy atom. The molecular formula is C50H67N7O6. The van der Waals surface area contributed by atoms with Crippen LogP contribution < -0.4 is 16.0 Å². The second-order valence-corrected chi connectivity index (χ2v) is 19.8. The quantitative estimate of drug-likeness (QED) is 0.0929. The first kappa shape index (κ1) is 48.2. The maximum Gasteiger partial charge on any atom is 0.407 e. The molecule has 2 aromatic carbocycles. The Morgan fingerprint density at radius 1 is 0.746 bits per heavy atom. The summed E-state index contributed by atoms with van der Waals surface area (Å²) in [6, 6.07) is 25.5. The van der Waals surface area contributed by atoms with Crippen LogP contribution in [0, 0.1) is 10.8 Å². The van der Waals surface area contributed by atoms with E-state index >= 15 is 0 Å². The fourth-order valence-corrected chi connectivity index (χ4v) is 8.00. The lowest BCUT2D eigenvalue weighted by Gasteiger charge is -2.38. The summed E-state index contributed by atoms with van der Waals surface area (Å²) in [5, 5.41) is 21.3. The molecule has 5 amide bonds. The summed E-state index contributed by atoms with van der Waals surface area (Å²) in [6.45, 7) is 18.7. The van der Waals surface area contributed by atoms with Crippen LogP contribution in [-0.2, 0) is 39.1 Å². The number of aromatic nitrogens is 2. The molecule has 5 rings (SSSR count). The molecule has 0 saturated carbocycles. The molecule has 338 valence electrons. The van der Waals surface area contributed by atoms with Crippen LogP contribution in [0.4, 0.5) is 9.59 Å². The Bertz CT molecular complexity index is 2150. The zero-order valence-corrected chi connectivity index (χ0v) is 38.6. The van der Waals surface area contributed by atoms with Gasteiger partial charge in [0.1, 0.15) is 12.1 Å². The highest BCUT2D eigenvalue weighted by molar-refractivity contribution is 5.89. The Hall–Kier alpha value is -5.82. The van der Waals surface area contributed by atoms with E-state index < -0.39 is 53.1 Å².